The maximum Gasteiger partial charge on any atom is 0.149 e. The van der Waals surface area contributed by atoms with Crippen molar-refractivity contribution >= 4 is 5.78 Å². The van der Waals surface area contributed by atoms with E-state index < -0.39 is 0 Å². The molecule has 0 saturated carbocycles. The Morgan fingerprint density at radius 3 is 2.00 bits per heavy atom. The third kappa shape index (κ3) is 3.86. The number of Topliss-reactive ketones (excluding diaryl/α,β-unsaturated/α-hetero) is 1. The van der Waals surface area contributed by atoms with Crippen molar-refractivity contribution in [1.29, 1.82) is 0 Å². The summed E-state index contributed by atoms with van der Waals surface area (Å²) in [7, 11) is 0. The van der Waals surface area contributed by atoms with E-state index in [1.807, 2.05) is 6.92 Å². The Hall–Kier alpha value is -0.370. The lowest BCUT2D eigenvalue weighted by atomic mass is 9.94. The van der Waals surface area contributed by atoms with Crippen molar-refractivity contribution in [3.8, 4) is 0 Å². The van der Waals surface area contributed by atoms with E-state index >= 15 is 0 Å². The van der Waals surface area contributed by atoms with Gasteiger partial charge in [0.25, 0.3) is 0 Å². The van der Waals surface area contributed by atoms with Gasteiger partial charge in [0.1, 0.15) is 5.78 Å². The Balaban J connectivity index is 3.81. The molecule has 0 aromatic heterocycles. The van der Waals surface area contributed by atoms with E-state index in [-0.39, 0.29) is 11.8 Å². The van der Waals surface area contributed by atoms with E-state index in [1.165, 1.54) is 0 Å². The van der Waals surface area contributed by atoms with Gasteiger partial charge in [0.2, 0.25) is 0 Å². The summed E-state index contributed by atoms with van der Waals surface area (Å²) in [6.07, 6.45) is 3.60. The van der Waals surface area contributed by atoms with Crippen molar-refractivity contribution < 1.29 is 4.79 Å². The summed E-state index contributed by atoms with van der Waals surface area (Å²) in [4.78, 5) is 11.4. The molecular weight excluding hydrogens is 150 g/mol. The zero-order chi connectivity index (χ0) is 9.56. The lowest BCUT2D eigenvalue weighted by Crippen LogP contribution is -2.30. The summed E-state index contributed by atoms with van der Waals surface area (Å²) in [6, 6.07) is -0.231. The molecule has 1 atom stereocenters. The van der Waals surface area contributed by atoms with Crippen LogP contribution in [0, 0.1) is 5.92 Å². The van der Waals surface area contributed by atoms with Crippen molar-refractivity contribution in [2.75, 3.05) is 0 Å². The molecule has 0 aliphatic heterocycles. The number of ketones is 1. The van der Waals surface area contributed by atoms with Crippen molar-refractivity contribution in [2.24, 2.45) is 11.7 Å². The molecule has 0 amide bonds. The minimum atomic E-state index is -0.231. The van der Waals surface area contributed by atoms with E-state index in [4.69, 9.17) is 5.73 Å². The molecule has 0 radical (unpaired) electrons. The SMILES string of the molecule is CCC(CC)CC(=O)C(N)CC. The molecule has 1 unspecified atom stereocenters. The van der Waals surface area contributed by atoms with Crippen molar-refractivity contribution in [3.63, 3.8) is 0 Å². The summed E-state index contributed by atoms with van der Waals surface area (Å²) < 4.78 is 0. The summed E-state index contributed by atoms with van der Waals surface area (Å²) >= 11 is 0. The molecule has 0 aliphatic rings. The first kappa shape index (κ1) is 11.6. The molecule has 0 spiro atoms. The van der Waals surface area contributed by atoms with Crippen LogP contribution in [0.2, 0.25) is 0 Å². The molecule has 0 heterocycles. The lowest BCUT2D eigenvalue weighted by molar-refractivity contribution is -0.121. The number of rotatable bonds is 6. The fraction of sp³-hybridized carbons (Fsp3) is 0.900. The number of hydrogen-bond acceptors (Lipinski definition) is 2. The smallest absolute Gasteiger partial charge is 0.149 e. The van der Waals surface area contributed by atoms with Crippen LogP contribution in [0.5, 0.6) is 0 Å². The zero-order valence-corrected chi connectivity index (χ0v) is 8.47. The average Bonchev–Trinajstić information content (AvgIpc) is 2.12. The number of hydrogen-bond donors (Lipinski definition) is 1. The molecule has 12 heavy (non-hydrogen) atoms. The van der Waals surface area contributed by atoms with Gasteiger partial charge in [0.15, 0.2) is 0 Å². The monoisotopic (exact) mass is 171 g/mol. The summed E-state index contributed by atoms with van der Waals surface area (Å²) in [5, 5.41) is 0. The van der Waals surface area contributed by atoms with Gasteiger partial charge in [-0.15, -0.1) is 0 Å². The van der Waals surface area contributed by atoms with Crippen molar-refractivity contribution in [2.45, 2.75) is 52.5 Å². The first-order chi connectivity index (χ1) is 5.65. The Morgan fingerprint density at radius 2 is 1.67 bits per heavy atom. The van der Waals surface area contributed by atoms with Crippen LogP contribution in [-0.2, 0) is 4.79 Å². The van der Waals surface area contributed by atoms with Crippen LogP contribution in [-0.4, -0.2) is 11.8 Å². The Morgan fingerprint density at radius 1 is 1.17 bits per heavy atom. The predicted molar refractivity (Wildman–Crippen MR) is 52.0 cm³/mol. The molecule has 0 bridgehead atoms. The van der Waals surface area contributed by atoms with E-state index in [0.717, 1.165) is 19.3 Å². The van der Waals surface area contributed by atoms with Crippen LogP contribution in [0.25, 0.3) is 0 Å². The van der Waals surface area contributed by atoms with Crippen LogP contribution in [0.15, 0.2) is 0 Å². The number of carbonyl (C=O) groups is 1. The van der Waals surface area contributed by atoms with E-state index in [2.05, 4.69) is 13.8 Å². The van der Waals surface area contributed by atoms with Crippen LogP contribution in [0.1, 0.15) is 46.5 Å². The predicted octanol–water partition coefficient (Wildman–Crippen LogP) is 2.12. The number of carbonyl (C=O) groups excluding carboxylic acids is 1. The molecule has 72 valence electrons. The topological polar surface area (TPSA) is 43.1 Å². The summed E-state index contributed by atoms with van der Waals surface area (Å²) in [5.74, 6) is 0.765. The van der Waals surface area contributed by atoms with Gasteiger partial charge in [0, 0.05) is 6.42 Å². The fourth-order valence-electron chi connectivity index (χ4n) is 1.24. The first-order valence-corrected chi connectivity index (χ1v) is 4.93. The van der Waals surface area contributed by atoms with Crippen LogP contribution < -0.4 is 5.73 Å². The number of nitrogens with two attached hydrogens (primary N) is 1. The van der Waals surface area contributed by atoms with Gasteiger partial charge in [-0.1, -0.05) is 33.6 Å². The molecule has 0 aromatic rings. The standard InChI is InChI=1S/C10H21NO/c1-4-8(5-2)7-10(12)9(11)6-3/h8-9H,4-7,11H2,1-3H3. The largest absolute Gasteiger partial charge is 0.322 e. The molecule has 0 saturated heterocycles. The maximum absolute atomic E-state index is 11.4. The quantitative estimate of drug-likeness (QED) is 0.665. The fourth-order valence-corrected chi connectivity index (χ4v) is 1.24. The summed E-state index contributed by atoms with van der Waals surface area (Å²) in [5.41, 5.74) is 5.62. The van der Waals surface area contributed by atoms with E-state index in [1.54, 1.807) is 0 Å². The minimum Gasteiger partial charge on any atom is -0.322 e. The van der Waals surface area contributed by atoms with Crippen LogP contribution in [0.4, 0.5) is 0 Å². The first-order valence-electron chi connectivity index (χ1n) is 4.93. The Labute approximate surface area is 75.5 Å². The second-order valence-electron chi connectivity index (χ2n) is 3.37. The lowest BCUT2D eigenvalue weighted by Gasteiger charge is -2.13. The molecular formula is C10H21NO. The van der Waals surface area contributed by atoms with Gasteiger partial charge in [-0.25, -0.2) is 0 Å². The molecule has 2 heteroatoms. The van der Waals surface area contributed by atoms with Crippen LogP contribution in [0.3, 0.4) is 0 Å². The third-order valence-electron chi connectivity index (χ3n) is 2.50. The molecule has 2 nitrogen and oxygen atoms in total. The van der Waals surface area contributed by atoms with E-state index in [0.29, 0.717) is 12.3 Å². The average molecular weight is 171 g/mol. The Bertz CT molecular complexity index is 130. The van der Waals surface area contributed by atoms with E-state index in [9.17, 15) is 4.79 Å². The molecule has 0 rings (SSSR count). The van der Waals surface area contributed by atoms with Gasteiger partial charge in [-0.05, 0) is 12.3 Å². The molecule has 0 aromatic carbocycles. The highest BCUT2D eigenvalue weighted by Gasteiger charge is 2.15. The normalized spacial score (nSPS) is 13.4. The van der Waals surface area contributed by atoms with Crippen molar-refractivity contribution in [3.05, 3.63) is 0 Å². The highest BCUT2D eigenvalue weighted by Crippen LogP contribution is 2.13. The van der Waals surface area contributed by atoms with Gasteiger partial charge >= 0.3 is 0 Å². The third-order valence-corrected chi connectivity index (χ3v) is 2.50. The summed E-state index contributed by atoms with van der Waals surface area (Å²) in [6.45, 7) is 6.20. The van der Waals surface area contributed by atoms with Gasteiger partial charge < -0.3 is 5.73 Å². The second-order valence-corrected chi connectivity index (χ2v) is 3.37. The molecule has 2 N–H and O–H groups in total. The van der Waals surface area contributed by atoms with Gasteiger partial charge in [-0.2, -0.15) is 0 Å². The second kappa shape index (κ2) is 6.18. The highest BCUT2D eigenvalue weighted by molar-refractivity contribution is 5.83. The molecule has 0 fully saturated rings. The minimum absolute atomic E-state index is 0.228. The van der Waals surface area contributed by atoms with Gasteiger partial charge in [-0.3, -0.25) is 4.79 Å². The highest BCUT2D eigenvalue weighted by atomic mass is 16.1. The zero-order valence-electron chi connectivity index (χ0n) is 8.47. The van der Waals surface area contributed by atoms with Gasteiger partial charge in [0.05, 0.1) is 6.04 Å². The molecule has 0 aliphatic carbocycles. The maximum atomic E-state index is 11.4. The Kier molecular flexibility index (Phi) is 5.99. The van der Waals surface area contributed by atoms with Crippen molar-refractivity contribution in [1.82, 2.24) is 0 Å². The van der Waals surface area contributed by atoms with Crippen LogP contribution >= 0.6 is 0 Å².